The Hall–Kier alpha value is -5.08. The number of para-hydroxylation sites is 3. The molecule has 0 amide bonds. The van der Waals surface area contributed by atoms with Gasteiger partial charge in [-0.1, -0.05) is 97.1 Å². The maximum absolute atomic E-state index is 2.50. The zero-order valence-electron chi connectivity index (χ0n) is 21.3. The van der Waals surface area contributed by atoms with Gasteiger partial charge in [0, 0.05) is 39.5 Å². The molecule has 0 spiro atoms. The molecule has 0 aliphatic heterocycles. The molecule has 2 heterocycles. The number of benzene rings is 6. The minimum atomic E-state index is 0.945. The highest BCUT2D eigenvalue weighted by molar-refractivity contribution is 6.16. The van der Waals surface area contributed by atoms with Crippen molar-refractivity contribution in [2.45, 2.75) is 6.42 Å². The van der Waals surface area contributed by atoms with Crippen LogP contribution in [0, 0.1) is 0 Å². The Bertz CT molecular complexity index is 2250. The van der Waals surface area contributed by atoms with Gasteiger partial charge in [-0.25, -0.2) is 0 Å². The van der Waals surface area contributed by atoms with Gasteiger partial charge in [-0.3, -0.25) is 0 Å². The molecule has 1 aliphatic rings. The van der Waals surface area contributed by atoms with Crippen LogP contribution in [0.25, 0.3) is 66.1 Å². The van der Waals surface area contributed by atoms with E-state index in [1.54, 1.807) is 0 Å². The number of fused-ring (bicyclic) bond motifs is 10. The lowest BCUT2D eigenvalue weighted by Crippen LogP contribution is -2.00. The Balaban J connectivity index is 1.47. The van der Waals surface area contributed by atoms with Crippen molar-refractivity contribution in [1.82, 2.24) is 9.13 Å². The molecule has 6 aromatic carbocycles. The van der Waals surface area contributed by atoms with Crippen molar-refractivity contribution in [2.75, 3.05) is 0 Å². The van der Waals surface area contributed by atoms with Crippen LogP contribution in [0.2, 0.25) is 0 Å². The second-order valence-electron chi connectivity index (χ2n) is 10.6. The standard InChI is InChI=1S/C37H24N2/c1-2-12-27(13-3-1)38-34-17-9-7-15-30(34)32-23-26-19-21-31-29-14-6-8-16-33(29)39(36(31)35(26)37(32)38)28-20-18-24-10-4-5-11-25(24)22-28/h1-22H,23H2. The Kier molecular flexibility index (Phi) is 4.14. The highest BCUT2D eigenvalue weighted by Gasteiger charge is 2.31. The second-order valence-corrected chi connectivity index (χ2v) is 10.6. The summed E-state index contributed by atoms with van der Waals surface area (Å²) >= 11 is 0. The molecule has 0 radical (unpaired) electrons. The van der Waals surface area contributed by atoms with Gasteiger partial charge >= 0.3 is 0 Å². The summed E-state index contributed by atoms with van der Waals surface area (Å²) in [7, 11) is 0. The van der Waals surface area contributed by atoms with Gasteiger partial charge < -0.3 is 9.13 Å². The molecule has 8 aromatic rings. The highest BCUT2D eigenvalue weighted by atomic mass is 15.0. The van der Waals surface area contributed by atoms with Crippen molar-refractivity contribution in [1.29, 1.82) is 0 Å². The molecule has 1 aliphatic carbocycles. The van der Waals surface area contributed by atoms with E-state index in [2.05, 4.69) is 143 Å². The zero-order chi connectivity index (χ0) is 25.5. The van der Waals surface area contributed by atoms with Crippen LogP contribution in [0.3, 0.4) is 0 Å². The van der Waals surface area contributed by atoms with Gasteiger partial charge in [0.05, 0.1) is 22.2 Å². The fourth-order valence-electron chi connectivity index (χ4n) is 6.88. The quantitative estimate of drug-likeness (QED) is 0.226. The first-order valence-corrected chi connectivity index (χ1v) is 13.6. The maximum atomic E-state index is 2.50. The van der Waals surface area contributed by atoms with Crippen LogP contribution >= 0.6 is 0 Å². The van der Waals surface area contributed by atoms with Gasteiger partial charge in [-0.05, 0) is 58.3 Å². The van der Waals surface area contributed by atoms with E-state index in [4.69, 9.17) is 0 Å². The molecular formula is C37H24N2. The van der Waals surface area contributed by atoms with Gasteiger partial charge in [0.1, 0.15) is 0 Å². The molecular weight excluding hydrogens is 472 g/mol. The molecule has 0 saturated heterocycles. The third-order valence-corrected chi connectivity index (χ3v) is 8.51. The van der Waals surface area contributed by atoms with Gasteiger partial charge in [0.2, 0.25) is 0 Å². The van der Waals surface area contributed by atoms with E-state index in [9.17, 15) is 0 Å². The molecule has 9 rings (SSSR count). The summed E-state index contributed by atoms with van der Waals surface area (Å²) in [5.41, 5.74) is 11.7. The topological polar surface area (TPSA) is 9.86 Å². The van der Waals surface area contributed by atoms with Crippen molar-refractivity contribution in [3.8, 4) is 22.6 Å². The van der Waals surface area contributed by atoms with Crippen LogP contribution < -0.4 is 0 Å². The summed E-state index contributed by atoms with van der Waals surface area (Å²) in [6, 6.07) is 48.7. The van der Waals surface area contributed by atoms with Crippen LogP contribution in [0.15, 0.2) is 133 Å². The molecule has 0 unspecified atom stereocenters. The van der Waals surface area contributed by atoms with Crippen LogP contribution in [0.1, 0.15) is 11.1 Å². The van der Waals surface area contributed by atoms with Crippen LogP contribution in [-0.4, -0.2) is 9.13 Å². The number of aromatic nitrogens is 2. The number of nitrogens with zero attached hydrogens (tertiary/aromatic N) is 2. The Morgan fingerprint density at radius 3 is 2.00 bits per heavy atom. The fourth-order valence-corrected chi connectivity index (χ4v) is 6.88. The van der Waals surface area contributed by atoms with Crippen LogP contribution in [0.4, 0.5) is 0 Å². The summed E-state index contributed by atoms with van der Waals surface area (Å²) in [5.74, 6) is 0. The van der Waals surface area contributed by atoms with Gasteiger partial charge in [0.25, 0.3) is 0 Å². The van der Waals surface area contributed by atoms with Crippen molar-refractivity contribution >= 4 is 43.5 Å². The Morgan fingerprint density at radius 2 is 1.15 bits per heavy atom. The van der Waals surface area contributed by atoms with E-state index in [0.29, 0.717) is 0 Å². The lowest BCUT2D eigenvalue weighted by atomic mass is 10.0. The first-order valence-electron chi connectivity index (χ1n) is 13.6. The van der Waals surface area contributed by atoms with Crippen molar-refractivity contribution < 1.29 is 0 Å². The first kappa shape index (κ1) is 20.9. The van der Waals surface area contributed by atoms with Gasteiger partial charge in [-0.15, -0.1) is 0 Å². The minimum absolute atomic E-state index is 0.945. The van der Waals surface area contributed by atoms with E-state index in [0.717, 1.165) is 6.42 Å². The number of rotatable bonds is 2. The number of hydrogen-bond donors (Lipinski definition) is 0. The Morgan fingerprint density at radius 1 is 0.462 bits per heavy atom. The SMILES string of the molecule is c1ccc(-n2c3c(c4ccccc42)Cc2ccc4c5ccccc5n(-c5ccc6ccccc6c5)c4c2-3)cc1. The molecule has 2 aromatic heterocycles. The smallest absolute Gasteiger partial charge is 0.0637 e. The molecule has 2 nitrogen and oxygen atoms in total. The summed E-state index contributed by atoms with van der Waals surface area (Å²) in [6.07, 6.45) is 0.945. The molecule has 0 N–H and O–H groups in total. The first-order chi connectivity index (χ1) is 19.4. The predicted molar refractivity (Wildman–Crippen MR) is 163 cm³/mol. The molecule has 0 saturated carbocycles. The highest BCUT2D eigenvalue weighted by Crippen LogP contribution is 2.49. The summed E-state index contributed by atoms with van der Waals surface area (Å²) in [4.78, 5) is 0. The van der Waals surface area contributed by atoms with Crippen molar-refractivity contribution in [2.24, 2.45) is 0 Å². The summed E-state index contributed by atoms with van der Waals surface area (Å²) in [5, 5.41) is 6.45. The average molecular weight is 497 g/mol. The molecule has 0 atom stereocenters. The summed E-state index contributed by atoms with van der Waals surface area (Å²) < 4.78 is 4.98. The zero-order valence-corrected chi connectivity index (χ0v) is 21.3. The Labute approximate surface area is 226 Å². The molecule has 0 bridgehead atoms. The van der Waals surface area contributed by atoms with Crippen LogP contribution in [-0.2, 0) is 6.42 Å². The van der Waals surface area contributed by atoms with Crippen molar-refractivity contribution in [3.05, 3.63) is 145 Å². The number of hydrogen-bond acceptors (Lipinski definition) is 0. The average Bonchev–Trinajstić information content (AvgIpc) is 3.64. The van der Waals surface area contributed by atoms with E-state index < -0.39 is 0 Å². The van der Waals surface area contributed by atoms with Crippen molar-refractivity contribution in [3.63, 3.8) is 0 Å². The van der Waals surface area contributed by atoms with Gasteiger partial charge in [-0.2, -0.15) is 0 Å². The van der Waals surface area contributed by atoms with E-state index in [-0.39, 0.29) is 0 Å². The van der Waals surface area contributed by atoms with E-state index >= 15 is 0 Å². The largest absolute Gasteiger partial charge is 0.309 e. The lowest BCUT2D eigenvalue weighted by molar-refractivity contribution is 1.13. The molecule has 2 heteroatoms. The fraction of sp³-hybridized carbons (Fsp3) is 0.0270. The normalized spacial score (nSPS) is 12.5. The third-order valence-electron chi connectivity index (χ3n) is 8.51. The molecule has 39 heavy (non-hydrogen) atoms. The summed E-state index contributed by atoms with van der Waals surface area (Å²) in [6.45, 7) is 0. The molecule has 182 valence electrons. The molecule has 0 fully saturated rings. The van der Waals surface area contributed by atoms with Crippen LogP contribution in [0.5, 0.6) is 0 Å². The predicted octanol–water partition coefficient (Wildman–Crippen LogP) is 9.45. The lowest BCUT2D eigenvalue weighted by Gasteiger charge is -2.15. The van der Waals surface area contributed by atoms with Gasteiger partial charge in [0.15, 0.2) is 0 Å². The van der Waals surface area contributed by atoms with E-state index in [1.807, 2.05) is 0 Å². The third kappa shape index (κ3) is 2.81. The maximum Gasteiger partial charge on any atom is 0.0637 e. The monoisotopic (exact) mass is 496 g/mol. The van der Waals surface area contributed by atoms with E-state index in [1.165, 1.54) is 77.2 Å². The minimum Gasteiger partial charge on any atom is -0.309 e. The second kappa shape index (κ2) is 7.72.